The number of ether oxygens (including phenoxy) is 1. The number of guanidine groups is 1. The van der Waals surface area contributed by atoms with Crippen LogP contribution in [0.2, 0.25) is 0 Å². The number of hydrogen-bond donors (Lipinski definition) is 2. The maximum atomic E-state index is 11.2. The Kier molecular flexibility index (Phi) is 6.61. The van der Waals surface area contributed by atoms with Crippen molar-refractivity contribution in [1.82, 2.24) is 5.32 Å². The number of nitrogens with zero attached hydrogens (tertiary/aromatic N) is 1. The molecule has 0 bridgehead atoms. The predicted molar refractivity (Wildman–Crippen MR) is 69.8 cm³/mol. The second-order valence-electron chi connectivity index (χ2n) is 5.28. The van der Waals surface area contributed by atoms with E-state index in [0.29, 0.717) is 25.3 Å². The maximum Gasteiger partial charge on any atom is 0.306 e. The summed E-state index contributed by atoms with van der Waals surface area (Å²) in [7, 11) is 0. The van der Waals surface area contributed by atoms with Gasteiger partial charge >= 0.3 is 5.97 Å². The number of rotatable bonds is 5. The normalized spacial score (nSPS) is 12.7. The highest BCUT2D eigenvalue weighted by Gasteiger charge is 2.09. The first kappa shape index (κ1) is 15.7. The molecule has 0 aliphatic carbocycles. The quantitative estimate of drug-likeness (QED) is 0.331. The summed E-state index contributed by atoms with van der Waals surface area (Å²) >= 11 is 0. The van der Waals surface area contributed by atoms with Crippen LogP contribution in [0.25, 0.3) is 0 Å². The Bertz CT molecular complexity index is 267. The molecule has 0 aromatic carbocycles. The first-order chi connectivity index (χ1) is 7.70. The maximum absolute atomic E-state index is 11.2. The minimum Gasteiger partial charge on any atom is -0.463 e. The third-order valence-corrected chi connectivity index (χ3v) is 1.69. The van der Waals surface area contributed by atoms with Gasteiger partial charge in [0.25, 0.3) is 0 Å². The lowest BCUT2D eigenvalue weighted by molar-refractivity contribution is -0.147. The van der Waals surface area contributed by atoms with E-state index in [1.54, 1.807) is 0 Å². The van der Waals surface area contributed by atoms with Crippen molar-refractivity contribution in [2.45, 2.75) is 59.1 Å². The molecule has 0 fully saturated rings. The Balaban J connectivity index is 3.76. The zero-order valence-corrected chi connectivity index (χ0v) is 11.5. The molecule has 0 spiro atoms. The molecule has 0 atom stereocenters. The van der Waals surface area contributed by atoms with Crippen LogP contribution in [-0.4, -0.2) is 30.1 Å². The van der Waals surface area contributed by atoms with Gasteiger partial charge in [0.1, 0.15) is 0 Å². The van der Waals surface area contributed by atoms with Crippen molar-refractivity contribution in [2.24, 2.45) is 10.7 Å². The van der Waals surface area contributed by atoms with Crippen LogP contribution in [0.3, 0.4) is 0 Å². The number of esters is 1. The summed E-state index contributed by atoms with van der Waals surface area (Å²) < 4.78 is 5.00. The van der Waals surface area contributed by atoms with E-state index in [9.17, 15) is 4.79 Å². The number of nitrogens with one attached hydrogen (secondary N) is 1. The standard InChI is InChI=1S/C12H25N3O2/c1-9(2)17-10(16)7-6-8-14-11(13)15-12(3,4)5/h9H,6-8H2,1-5H3,(H3,13,14,15). The van der Waals surface area contributed by atoms with E-state index in [4.69, 9.17) is 10.5 Å². The molecule has 0 aliphatic heterocycles. The van der Waals surface area contributed by atoms with E-state index in [-0.39, 0.29) is 17.6 Å². The van der Waals surface area contributed by atoms with Gasteiger partial charge in [-0.25, -0.2) is 0 Å². The first-order valence-electron chi connectivity index (χ1n) is 5.98. The van der Waals surface area contributed by atoms with Crippen LogP contribution in [0.15, 0.2) is 4.99 Å². The van der Waals surface area contributed by atoms with Crippen LogP contribution in [0.1, 0.15) is 47.5 Å². The van der Waals surface area contributed by atoms with Crippen LogP contribution >= 0.6 is 0 Å². The number of hydrogen-bond acceptors (Lipinski definition) is 3. The van der Waals surface area contributed by atoms with Crippen molar-refractivity contribution in [3.8, 4) is 0 Å². The Labute approximate surface area is 104 Å². The summed E-state index contributed by atoms with van der Waals surface area (Å²) in [5.41, 5.74) is 5.59. The first-order valence-corrected chi connectivity index (χ1v) is 5.98. The van der Waals surface area contributed by atoms with Gasteiger partial charge in [0.15, 0.2) is 5.96 Å². The highest BCUT2D eigenvalue weighted by molar-refractivity contribution is 5.78. The molecule has 0 unspecified atom stereocenters. The molecule has 5 nitrogen and oxygen atoms in total. The number of nitrogens with two attached hydrogens (primary N) is 1. The average Bonchev–Trinajstić information content (AvgIpc) is 2.08. The Morgan fingerprint density at radius 3 is 2.47 bits per heavy atom. The highest BCUT2D eigenvalue weighted by atomic mass is 16.5. The smallest absolute Gasteiger partial charge is 0.306 e. The van der Waals surface area contributed by atoms with Crippen LogP contribution in [-0.2, 0) is 9.53 Å². The SMILES string of the molecule is CC(C)OC(=O)CCCN=C(N)NC(C)(C)C. The van der Waals surface area contributed by atoms with Gasteiger partial charge in [-0.15, -0.1) is 0 Å². The predicted octanol–water partition coefficient (Wildman–Crippen LogP) is 1.42. The lowest BCUT2D eigenvalue weighted by atomic mass is 10.1. The zero-order chi connectivity index (χ0) is 13.5. The number of aliphatic imine (C=N–C) groups is 1. The third kappa shape index (κ3) is 11.0. The van der Waals surface area contributed by atoms with Gasteiger partial charge in [-0.2, -0.15) is 0 Å². The molecule has 5 heteroatoms. The molecule has 0 rings (SSSR count). The lowest BCUT2D eigenvalue weighted by Crippen LogP contribution is -2.45. The zero-order valence-electron chi connectivity index (χ0n) is 11.5. The van der Waals surface area contributed by atoms with Crippen LogP contribution < -0.4 is 11.1 Å². The van der Waals surface area contributed by atoms with E-state index in [0.717, 1.165) is 0 Å². The van der Waals surface area contributed by atoms with E-state index < -0.39 is 0 Å². The molecule has 0 heterocycles. The molecule has 0 amide bonds. The van der Waals surface area contributed by atoms with Crippen LogP contribution in [0.5, 0.6) is 0 Å². The Hall–Kier alpha value is -1.26. The Morgan fingerprint density at radius 1 is 1.41 bits per heavy atom. The van der Waals surface area contributed by atoms with Crippen molar-refractivity contribution in [1.29, 1.82) is 0 Å². The van der Waals surface area contributed by atoms with Gasteiger partial charge in [-0.3, -0.25) is 9.79 Å². The lowest BCUT2D eigenvalue weighted by Gasteiger charge is -2.20. The van der Waals surface area contributed by atoms with Crippen molar-refractivity contribution in [2.75, 3.05) is 6.54 Å². The summed E-state index contributed by atoms with van der Waals surface area (Å²) in [6.07, 6.45) is 0.973. The van der Waals surface area contributed by atoms with Gasteiger partial charge < -0.3 is 15.8 Å². The average molecular weight is 243 g/mol. The van der Waals surface area contributed by atoms with E-state index >= 15 is 0 Å². The molecule has 0 aromatic heterocycles. The molecule has 17 heavy (non-hydrogen) atoms. The van der Waals surface area contributed by atoms with E-state index in [1.165, 1.54) is 0 Å². The van der Waals surface area contributed by atoms with Gasteiger partial charge in [-0.05, 0) is 41.0 Å². The minimum absolute atomic E-state index is 0.0568. The summed E-state index contributed by atoms with van der Waals surface area (Å²) in [5, 5.41) is 3.05. The molecule has 100 valence electrons. The molecule has 0 aliphatic rings. The fourth-order valence-electron chi connectivity index (χ4n) is 1.17. The molecular weight excluding hydrogens is 218 g/mol. The molecule has 3 N–H and O–H groups in total. The largest absolute Gasteiger partial charge is 0.463 e. The fourth-order valence-corrected chi connectivity index (χ4v) is 1.17. The van der Waals surface area contributed by atoms with Crippen LogP contribution in [0, 0.1) is 0 Å². The van der Waals surface area contributed by atoms with E-state index in [2.05, 4.69) is 10.3 Å². The molecule has 0 aromatic rings. The molecular formula is C12H25N3O2. The van der Waals surface area contributed by atoms with Crippen molar-refractivity contribution >= 4 is 11.9 Å². The molecule has 0 saturated heterocycles. The summed E-state index contributed by atoms with van der Waals surface area (Å²) in [6, 6.07) is 0. The van der Waals surface area contributed by atoms with Gasteiger partial charge in [-0.1, -0.05) is 0 Å². The fraction of sp³-hybridized carbons (Fsp3) is 0.833. The van der Waals surface area contributed by atoms with Gasteiger partial charge in [0.05, 0.1) is 6.10 Å². The number of carbonyl (C=O) groups excluding carboxylic acids is 1. The van der Waals surface area contributed by atoms with Crippen molar-refractivity contribution in [3.63, 3.8) is 0 Å². The van der Waals surface area contributed by atoms with E-state index in [1.807, 2.05) is 34.6 Å². The summed E-state index contributed by atoms with van der Waals surface area (Å²) in [6.45, 7) is 10.2. The van der Waals surface area contributed by atoms with Gasteiger partial charge in [0.2, 0.25) is 0 Å². The third-order valence-electron chi connectivity index (χ3n) is 1.69. The van der Waals surface area contributed by atoms with Crippen LogP contribution in [0.4, 0.5) is 0 Å². The number of carbonyl (C=O) groups is 1. The van der Waals surface area contributed by atoms with Crippen molar-refractivity contribution < 1.29 is 9.53 Å². The topological polar surface area (TPSA) is 76.7 Å². The summed E-state index contributed by atoms with van der Waals surface area (Å²) in [5.74, 6) is 0.229. The van der Waals surface area contributed by atoms with Crippen molar-refractivity contribution in [3.05, 3.63) is 0 Å². The highest BCUT2D eigenvalue weighted by Crippen LogP contribution is 1.99. The minimum atomic E-state index is -0.183. The van der Waals surface area contributed by atoms with Gasteiger partial charge in [0, 0.05) is 18.5 Å². The monoisotopic (exact) mass is 243 g/mol. The summed E-state index contributed by atoms with van der Waals surface area (Å²) in [4.78, 5) is 15.3. The second kappa shape index (κ2) is 7.14. The Morgan fingerprint density at radius 2 is 2.00 bits per heavy atom. The molecule has 0 saturated carbocycles. The second-order valence-corrected chi connectivity index (χ2v) is 5.28. The molecule has 0 radical (unpaired) electrons.